The van der Waals surface area contributed by atoms with Gasteiger partial charge in [-0.05, 0) is 42.8 Å². The van der Waals surface area contributed by atoms with Gasteiger partial charge in [0.1, 0.15) is 6.04 Å². The molecular weight excluding hydrogens is 400 g/mol. The highest BCUT2D eigenvalue weighted by Crippen LogP contribution is 2.37. The number of benzene rings is 1. The maximum absolute atomic E-state index is 12.6. The number of carbonyl (C=O) groups is 3. The lowest BCUT2D eigenvalue weighted by molar-refractivity contribution is -0.140. The number of hydrogen-bond acceptors (Lipinski definition) is 4. The van der Waals surface area contributed by atoms with Gasteiger partial charge in [0.05, 0.1) is 0 Å². The minimum absolute atomic E-state index is 0.205. The van der Waals surface area contributed by atoms with Crippen LogP contribution < -0.4 is 15.5 Å². The normalized spacial score (nSPS) is 15.5. The molecular formula is C18H17BrN4O3. The molecule has 0 bridgehead atoms. The van der Waals surface area contributed by atoms with E-state index in [1.54, 1.807) is 35.5 Å². The van der Waals surface area contributed by atoms with Crippen molar-refractivity contribution >= 4 is 39.3 Å². The smallest absolute Gasteiger partial charge is 0.310 e. The van der Waals surface area contributed by atoms with Crippen molar-refractivity contribution in [2.24, 2.45) is 0 Å². The lowest BCUT2D eigenvalue weighted by atomic mass is 10.1. The lowest BCUT2D eigenvalue weighted by Gasteiger charge is -2.15. The monoisotopic (exact) mass is 416 g/mol. The van der Waals surface area contributed by atoms with Crippen LogP contribution in [-0.4, -0.2) is 29.3 Å². The van der Waals surface area contributed by atoms with Gasteiger partial charge in [-0.3, -0.25) is 19.4 Å². The minimum Gasteiger partial charge on any atom is -0.344 e. The summed E-state index contributed by atoms with van der Waals surface area (Å²) >= 11 is 3.37. The third kappa shape index (κ3) is 3.60. The average Bonchev–Trinajstić information content (AvgIpc) is 2.91. The zero-order chi connectivity index (χ0) is 18.7. The number of nitrogens with one attached hydrogen (secondary N) is 2. The Morgan fingerprint density at radius 1 is 1.19 bits per heavy atom. The van der Waals surface area contributed by atoms with Crippen LogP contribution in [0, 0.1) is 0 Å². The second kappa shape index (κ2) is 7.65. The molecule has 8 heteroatoms. The van der Waals surface area contributed by atoms with Crippen LogP contribution in [0.2, 0.25) is 0 Å². The summed E-state index contributed by atoms with van der Waals surface area (Å²) in [6.07, 6.45) is 3.21. The van der Waals surface area contributed by atoms with E-state index in [1.807, 2.05) is 19.1 Å². The molecule has 0 radical (unpaired) electrons. The highest BCUT2D eigenvalue weighted by atomic mass is 79.9. The van der Waals surface area contributed by atoms with E-state index in [0.717, 1.165) is 15.7 Å². The van der Waals surface area contributed by atoms with Gasteiger partial charge in [-0.2, -0.15) is 0 Å². The summed E-state index contributed by atoms with van der Waals surface area (Å²) in [5, 5.41) is 5.07. The number of aromatic nitrogens is 1. The number of carbonyl (C=O) groups excluding carboxylic acids is 3. The Bertz CT molecular complexity index is 857. The number of hydrogen-bond donors (Lipinski definition) is 2. The fraction of sp³-hybridized carbons (Fsp3) is 0.222. The summed E-state index contributed by atoms with van der Waals surface area (Å²) in [5.41, 5.74) is 2.23. The van der Waals surface area contributed by atoms with Crippen LogP contribution >= 0.6 is 15.9 Å². The Kier molecular flexibility index (Phi) is 5.32. The molecule has 2 aromatic rings. The standard InChI is InChI=1S/C18H17BrN4O3/c1-2-23-14-4-3-12(19)9-13(14)15(18(23)26)22-17(25)16(24)21-10-11-5-7-20-8-6-11/h3-9,15H,2,10H2,1H3,(H,21,24)(H,22,25). The first kappa shape index (κ1) is 18.1. The first-order valence-corrected chi connectivity index (χ1v) is 8.89. The molecule has 3 amide bonds. The van der Waals surface area contributed by atoms with E-state index in [2.05, 4.69) is 31.5 Å². The van der Waals surface area contributed by atoms with Gasteiger partial charge in [0.15, 0.2) is 0 Å². The van der Waals surface area contributed by atoms with E-state index in [9.17, 15) is 14.4 Å². The van der Waals surface area contributed by atoms with E-state index < -0.39 is 17.9 Å². The van der Waals surface area contributed by atoms with Gasteiger partial charge in [-0.1, -0.05) is 15.9 Å². The predicted octanol–water partition coefficient (Wildman–Crippen LogP) is 1.68. The van der Waals surface area contributed by atoms with E-state index in [4.69, 9.17) is 0 Å². The van der Waals surface area contributed by atoms with Gasteiger partial charge >= 0.3 is 11.8 Å². The zero-order valence-corrected chi connectivity index (χ0v) is 15.6. The summed E-state index contributed by atoms with van der Waals surface area (Å²) in [7, 11) is 0. The maximum Gasteiger partial charge on any atom is 0.310 e. The van der Waals surface area contributed by atoms with Gasteiger partial charge in [-0.25, -0.2) is 0 Å². The molecule has 1 aromatic heterocycles. The highest BCUT2D eigenvalue weighted by Gasteiger charge is 2.38. The third-order valence-corrected chi connectivity index (χ3v) is 4.60. The van der Waals surface area contributed by atoms with Crippen LogP contribution in [0.1, 0.15) is 24.1 Å². The molecule has 1 aliphatic heterocycles. The molecule has 1 unspecified atom stereocenters. The van der Waals surface area contributed by atoms with Crippen LogP contribution in [0.15, 0.2) is 47.2 Å². The summed E-state index contributed by atoms with van der Waals surface area (Å²) in [5.74, 6) is -1.89. The SMILES string of the molecule is CCN1C(=O)C(NC(=O)C(=O)NCc2ccncc2)c2cc(Br)ccc21. The zero-order valence-electron chi connectivity index (χ0n) is 14.0. The van der Waals surface area contributed by atoms with Gasteiger partial charge in [0, 0.05) is 41.2 Å². The predicted molar refractivity (Wildman–Crippen MR) is 99.1 cm³/mol. The molecule has 0 saturated heterocycles. The molecule has 134 valence electrons. The second-order valence-corrected chi connectivity index (χ2v) is 6.65. The Balaban J connectivity index is 1.70. The Labute approximate surface area is 158 Å². The number of amides is 3. The molecule has 2 N–H and O–H groups in total. The topological polar surface area (TPSA) is 91.4 Å². The first-order valence-electron chi connectivity index (χ1n) is 8.09. The van der Waals surface area contributed by atoms with Gasteiger partial charge in [-0.15, -0.1) is 0 Å². The van der Waals surface area contributed by atoms with Crippen molar-refractivity contribution in [3.8, 4) is 0 Å². The first-order chi connectivity index (χ1) is 12.5. The van der Waals surface area contributed by atoms with Crippen LogP contribution in [0.3, 0.4) is 0 Å². The van der Waals surface area contributed by atoms with Crippen molar-refractivity contribution in [1.29, 1.82) is 0 Å². The van der Waals surface area contributed by atoms with Crippen LogP contribution in [0.5, 0.6) is 0 Å². The fourth-order valence-corrected chi connectivity index (χ4v) is 3.21. The summed E-state index contributed by atoms with van der Waals surface area (Å²) < 4.78 is 0.795. The van der Waals surface area contributed by atoms with Crippen molar-refractivity contribution in [3.05, 3.63) is 58.3 Å². The van der Waals surface area contributed by atoms with Gasteiger partial charge in [0.25, 0.3) is 5.91 Å². The lowest BCUT2D eigenvalue weighted by Crippen LogP contribution is -2.44. The van der Waals surface area contributed by atoms with Gasteiger partial charge < -0.3 is 15.5 Å². The number of pyridine rings is 1. The second-order valence-electron chi connectivity index (χ2n) is 5.73. The summed E-state index contributed by atoms with van der Waals surface area (Å²) in [6, 6.07) is 8.04. The molecule has 1 atom stereocenters. The molecule has 1 aromatic carbocycles. The van der Waals surface area contributed by atoms with Crippen molar-refractivity contribution in [1.82, 2.24) is 15.6 Å². The number of rotatable bonds is 4. The van der Waals surface area contributed by atoms with Crippen LogP contribution in [-0.2, 0) is 20.9 Å². The molecule has 26 heavy (non-hydrogen) atoms. The largest absolute Gasteiger partial charge is 0.344 e. The molecule has 1 aliphatic rings. The highest BCUT2D eigenvalue weighted by molar-refractivity contribution is 9.10. The van der Waals surface area contributed by atoms with E-state index >= 15 is 0 Å². The van der Waals surface area contributed by atoms with E-state index in [1.165, 1.54) is 0 Å². The molecule has 7 nitrogen and oxygen atoms in total. The molecule has 2 heterocycles. The molecule has 0 saturated carbocycles. The minimum atomic E-state index is -0.873. The number of nitrogens with zero attached hydrogens (tertiary/aromatic N) is 2. The van der Waals surface area contributed by atoms with Gasteiger partial charge in [0.2, 0.25) is 0 Å². The van der Waals surface area contributed by atoms with E-state index in [-0.39, 0.29) is 12.5 Å². The third-order valence-electron chi connectivity index (χ3n) is 4.10. The van der Waals surface area contributed by atoms with E-state index in [0.29, 0.717) is 12.1 Å². The fourth-order valence-electron chi connectivity index (χ4n) is 2.84. The Morgan fingerprint density at radius 2 is 1.92 bits per heavy atom. The molecule has 0 spiro atoms. The number of anilines is 1. The summed E-state index contributed by atoms with van der Waals surface area (Å²) in [6.45, 7) is 2.54. The Morgan fingerprint density at radius 3 is 2.62 bits per heavy atom. The van der Waals surface area contributed by atoms with Crippen molar-refractivity contribution in [2.45, 2.75) is 19.5 Å². The number of fused-ring (bicyclic) bond motifs is 1. The Hall–Kier alpha value is -2.74. The van der Waals surface area contributed by atoms with Crippen LogP contribution in [0.25, 0.3) is 0 Å². The summed E-state index contributed by atoms with van der Waals surface area (Å²) in [4.78, 5) is 42.4. The number of likely N-dealkylation sites (N-methyl/N-ethyl adjacent to an activating group) is 1. The molecule has 3 rings (SSSR count). The molecule has 0 fully saturated rings. The van der Waals surface area contributed by atoms with Crippen molar-refractivity contribution in [2.75, 3.05) is 11.4 Å². The average molecular weight is 417 g/mol. The van der Waals surface area contributed by atoms with Crippen LogP contribution in [0.4, 0.5) is 5.69 Å². The number of halogens is 1. The quantitative estimate of drug-likeness (QED) is 0.741. The molecule has 0 aliphatic carbocycles. The van der Waals surface area contributed by atoms with Crippen molar-refractivity contribution < 1.29 is 14.4 Å². The van der Waals surface area contributed by atoms with Crippen molar-refractivity contribution in [3.63, 3.8) is 0 Å². The maximum atomic E-state index is 12.6.